The molecule has 10 heteroatoms. The molecular formula is C18H14N4O6. The van der Waals surface area contributed by atoms with Gasteiger partial charge >= 0.3 is 0 Å². The van der Waals surface area contributed by atoms with E-state index in [-0.39, 0.29) is 22.3 Å². The van der Waals surface area contributed by atoms with Gasteiger partial charge < -0.3 is 10.3 Å². The first-order chi connectivity index (χ1) is 13.3. The van der Waals surface area contributed by atoms with E-state index in [0.717, 1.165) is 0 Å². The van der Waals surface area contributed by atoms with Crippen molar-refractivity contribution >= 4 is 34.0 Å². The lowest BCUT2D eigenvalue weighted by Crippen LogP contribution is -2.33. The monoisotopic (exact) mass is 382 g/mol. The standard InChI is InChI=1S/C18H14N4O6/c1-10(11-2-4-12(5-3-11)21(25)26)20-18(24)17(23)15-9-19-16-7-6-13(22(27)28)8-14(15)16/h2-10,19H,1H3,(H,20,24)/t10-/m1/s1. The van der Waals surface area contributed by atoms with Crippen molar-refractivity contribution in [3.63, 3.8) is 0 Å². The number of Topliss-reactive ketones (excluding diaryl/α,β-unsaturated/α-hetero) is 1. The Hall–Kier alpha value is -4.08. The van der Waals surface area contributed by atoms with Crippen LogP contribution in [0.3, 0.4) is 0 Å². The van der Waals surface area contributed by atoms with Crippen molar-refractivity contribution in [3.05, 3.63) is 80.0 Å². The summed E-state index contributed by atoms with van der Waals surface area (Å²) in [6, 6.07) is 9.00. The number of aromatic amines is 1. The van der Waals surface area contributed by atoms with Crippen molar-refractivity contribution < 1.29 is 19.4 Å². The molecule has 1 heterocycles. The molecule has 2 aromatic carbocycles. The number of carbonyl (C=O) groups is 2. The normalized spacial score (nSPS) is 11.8. The molecule has 0 unspecified atom stereocenters. The van der Waals surface area contributed by atoms with Gasteiger partial charge in [-0.2, -0.15) is 0 Å². The Labute approximate surface area is 157 Å². The molecule has 0 spiro atoms. The number of benzene rings is 2. The average molecular weight is 382 g/mol. The highest BCUT2D eigenvalue weighted by Crippen LogP contribution is 2.24. The molecule has 0 bridgehead atoms. The fourth-order valence-electron chi connectivity index (χ4n) is 2.76. The highest BCUT2D eigenvalue weighted by atomic mass is 16.6. The van der Waals surface area contributed by atoms with Crippen LogP contribution in [0.2, 0.25) is 0 Å². The molecule has 3 aromatic rings. The van der Waals surface area contributed by atoms with Crippen LogP contribution in [0.1, 0.15) is 28.9 Å². The minimum Gasteiger partial charge on any atom is -0.360 e. The number of nitrogens with zero attached hydrogens (tertiary/aromatic N) is 2. The van der Waals surface area contributed by atoms with Crippen molar-refractivity contribution in [2.24, 2.45) is 0 Å². The van der Waals surface area contributed by atoms with Crippen LogP contribution in [-0.4, -0.2) is 26.5 Å². The lowest BCUT2D eigenvalue weighted by atomic mass is 10.1. The molecular weight excluding hydrogens is 368 g/mol. The summed E-state index contributed by atoms with van der Waals surface area (Å²) in [5.74, 6) is -1.74. The van der Waals surface area contributed by atoms with Crippen LogP contribution in [-0.2, 0) is 4.79 Å². The lowest BCUT2D eigenvalue weighted by Gasteiger charge is -2.13. The number of hydrogen-bond donors (Lipinski definition) is 2. The summed E-state index contributed by atoms with van der Waals surface area (Å²) in [6.07, 6.45) is 1.33. The Kier molecular flexibility index (Phi) is 4.86. The molecule has 0 aliphatic rings. The summed E-state index contributed by atoms with van der Waals surface area (Å²) in [5.41, 5.74) is 0.818. The highest BCUT2D eigenvalue weighted by molar-refractivity contribution is 6.45. The van der Waals surface area contributed by atoms with Crippen molar-refractivity contribution in [3.8, 4) is 0 Å². The Morgan fingerprint density at radius 3 is 2.21 bits per heavy atom. The van der Waals surface area contributed by atoms with Crippen LogP contribution in [0.15, 0.2) is 48.7 Å². The number of amides is 1. The maximum atomic E-state index is 12.5. The summed E-state index contributed by atoms with van der Waals surface area (Å²) in [6.45, 7) is 1.63. The molecule has 0 aliphatic carbocycles. The number of fused-ring (bicyclic) bond motifs is 1. The molecule has 0 saturated carbocycles. The van der Waals surface area contributed by atoms with E-state index in [4.69, 9.17) is 0 Å². The maximum Gasteiger partial charge on any atom is 0.292 e. The average Bonchev–Trinajstić information content (AvgIpc) is 3.10. The number of carbonyl (C=O) groups excluding carboxylic acids is 2. The number of non-ortho nitro benzene ring substituents is 2. The van der Waals surface area contributed by atoms with Gasteiger partial charge in [0.25, 0.3) is 23.1 Å². The number of H-pyrrole nitrogens is 1. The molecule has 0 radical (unpaired) electrons. The molecule has 3 rings (SSSR count). The van der Waals surface area contributed by atoms with E-state index >= 15 is 0 Å². The van der Waals surface area contributed by atoms with E-state index in [1.807, 2.05) is 0 Å². The first kappa shape index (κ1) is 18.7. The number of ketones is 1. The van der Waals surface area contributed by atoms with Crippen LogP contribution < -0.4 is 5.32 Å². The summed E-state index contributed by atoms with van der Waals surface area (Å²) in [5, 5.41) is 24.4. The number of nitrogens with one attached hydrogen (secondary N) is 2. The summed E-state index contributed by atoms with van der Waals surface area (Å²) in [4.78, 5) is 48.2. The predicted molar refractivity (Wildman–Crippen MR) is 98.9 cm³/mol. The summed E-state index contributed by atoms with van der Waals surface area (Å²) in [7, 11) is 0. The van der Waals surface area contributed by atoms with Gasteiger partial charge in [0.1, 0.15) is 0 Å². The Morgan fingerprint density at radius 2 is 1.61 bits per heavy atom. The number of nitro benzene ring substituents is 2. The van der Waals surface area contributed by atoms with E-state index in [0.29, 0.717) is 11.1 Å². The molecule has 2 N–H and O–H groups in total. The zero-order chi connectivity index (χ0) is 20.4. The van der Waals surface area contributed by atoms with Gasteiger partial charge in [-0.3, -0.25) is 29.8 Å². The smallest absolute Gasteiger partial charge is 0.292 e. The van der Waals surface area contributed by atoms with Crippen molar-refractivity contribution in [1.29, 1.82) is 0 Å². The highest BCUT2D eigenvalue weighted by Gasteiger charge is 2.23. The summed E-state index contributed by atoms with van der Waals surface area (Å²) >= 11 is 0. The molecule has 0 saturated heterocycles. The molecule has 0 fully saturated rings. The molecule has 1 amide bonds. The zero-order valence-corrected chi connectivity index (χ0v) is 14.5. The van der Waals surface area contributed by atoms with Crippen molar-refractivity contribution in [2.45, 2.75) is 13.0 Å². The first-order valence-corrected chi connectivity index (χ1v) is 8.13. The van der Waals surface area contributed by atoms with Crippen LogP contribution in [0.5, 0.6) is 0 Å². The molecule has 1 aromatic heterocycles. The van der Waals surface area contributed by atoms with E-state index < -0.39 is 27.6 Å². The van der Waals surface area contributed by atoms with E-state index in [9.17, 15) is 29.8 Å². The number of hydrogen-bond acceptors (Lipinski definition) is 6. The van der Waals surface area contributed by atoms with Crippen LogP contribution in [0.4, 0.5) is 11.4 Å². The van der Waals surface area contributed by atoms with Gasteiger partial charge in [-0.15, -0.1) is 0 Å². The Morgan fingerprint density at radius 1 is 1.00 bits per heavy atom. The van der Waals surface area contributed by atoms with E-state index in [2.05, 4.69) is 10.3 Å². The zero-order valence-electron chi connectivity index (χ0n) is 14.5. The van der Waals surface area contributed by atoms with Gasteiger partial charge in [-0.25, -0.2) is 0 Å². The van der Waals surface area contributed by atoms with Gasteiger partial charge in [-0.1, -0.05) is 12.1 Å². The second-order valence-corrected chi connectivity index (χ2v) is 6.06. The lowest BCUT2D eigenvalue weighted by molar-refractivity contribution is -0.385. The predicted octanol–water partition coefficient (Wildman–Crippen LogP) is 3.04. The Bertz CT molecular complexity index is 1100. The second kappa shape index (κ2) is 7.27. The summed E-state index contributed by atoms with van der Waals surface area (Å²) < 4.78 is 0. The first-order valence-electron chi connectivity index (χ1n) is 8.13. The van der Waals surface area contributed by atoms with Gasteiger partial charge in [0.2, 0.25) is 0 Å². The number of aromatic nitrogens is 1. The second-order valence-electron chi connectivity index (χ2n) is 6.06. The van der Waals surface area contributed by atoms with Gasteiger partial charge in [-0.05, 0) is 18.6 Å². The number of nitro groups is 2. The third kappa shape index (κ3) is 3.56. The molecule has 1 atom stereocenters. The van der Waals surface area contributed by atoms with Crippen LogP contribution >= 0.6 is 0 Å². The topological polar surface area (TPSA) is 148 Å². The minimum absolute atomic E-state index is 0.0205. The fourth-order valence-corrected chi connectivity index (χ4v) is 2.76. The van der Waals surface area contributed by atoms with Crippen molar-refractivity contribution in [1.82, 2.24) is 10.3 Å². The maximum absolute atomic E-state index is 12.5. The third-order valence-electron chi connectivity index (χ3n) is 4.28. The molecule has 0 aliphatic heterocycles. The largest absolute Gasteiger partial charge is 0.360 e. The minimum atomic E-state index is -0.891. The molecule has 28 heavy (non-hydrogen) atoms. The molecule has 10 nitrogen and oxygen atoms in total. The SMILES string of the molecule is C[C@@H](NC(=O)C(=O)c1c[nH]c2ccc([N+](=O)[O-])cc12)c1ccc([N+](=O)[O-])cc1. The quantitative estimate of drug-likeness (QED) is 0.290. The molecule has 142 valence electrons. The van der Waals surface area contributed by atoms with Crippen LogP contribution in [0, 0.1) is 20.2 Å². The van der Waals surface area contributed by atoms with E-state index in [1.54, 1.807) is 6.92 Å². The van der Waals surface area contributed by atoms with Crippen LogP contribution in [0.25, 0.3) is 10.9 Å². The van der Waals surface area contributed by atoms with Gasteiger partial charge in [0.05, 0.1) is 21.5 Å². The fraction of sp³-hybridized carbons (Fsp3) is 0.111. The van der Waals surface area contributed by atoms with Crippen molar-refractivity contribution in [2.75, 3.05) is 0 Å². The number of rotatable bonds is 6. The Balaban J connectivity index is 1.80. The van der Waals surface area contributed by atoms with Gasteiger partial charge in [0, 0.05) is 41.4 Å². The third-order valence-corrected chi connectivity index (χ3v) is 4.28. The van der Waals surface area contributed by atoms with E-state index in [1.165, 1.54) is 48.7 Å². The van der Waals surface area contributed by atoms with Gasteiger partial charge in [0.15, 0.2) is 0 Å².